The third kappa shape index (κ3) is 3.01. The number of carbonyl (C=O) groups excluding carboxylic acids is 1. The molecule has 26 heavy (non-hydrogen) atoms. The molecule has 1 aliphatic rings. The molecule has 2 N–H and O–H groups in total. The quantitative estimate of drug-likeness (QED) is 0.707. The molecule has 0 spiro atoms. The van der Waals surface area contributed by atoms with Crippen molar-refractivity contribution >= 4 is 5.78 Å². The first-order valence-electron chi connectivity index (χ1n) is 8.50. The van der Waals surface area contributed by atoms with Crippen LogP contribution >= 0.6 is 0 Å². The first-order chi connectivity index (χ1) is 12.6. The Labute approximate surface area is 149 Å². The third-order valence-corrected chi connectivity index (χ3v) is 4.59. The van der Waals surface area contributed by atoms with Gasteiger partial charge in [-0.2, -0.15) is 0 Å². The lowest BCUT2D eigenvalue weighted by Gasteiger charge is -2.07. The minimum atomic E-state index is -0.752. The standard InChI is InChI=1S/C20H17N3O3/c24-16(11-12-7-8-13-4-3-5-14(13)10-12)17-18(25)20(26)23-19(22-17)15-6-1-2-9-21-15/h1-2,6-10,25H,3-5,11H2,(H,22,23,26). The van der Waals surface area contributed by atoms with E-state index < -0.39 is 17.1 Å². The minimum Gasteiger partial charge on any atom is -0.501 e. The lowest BCUT2D eigenvalue weighted by molar-refractivity contribution is 0.0985. The molecule has 0 radical (unpaired) electrons. The van der Waals surface area contributed by atoms with Gasteiger partial charge < -0.3 is 10.1 Å². The van der Waals surface area contributed by atoms with Gasteiger partial charge in [0.15, 0.2) is 17.3 Å². The van der Waals surface area contributed by atoms with E-state index in [-0.39, 0.29) is 17.9 Å². The minimum absolute atomic E-state index is 0.0823. The first-order valence-corrected chi connectivity index (χ1v) is 8.50. The van der Waals surface area contributed by atoms with Crippen LogP contribution in [-0.4, -0.2) is 25.8 Å². The number of nitrogens with one attached hydrogen (secondary N) is 1. The van der Waals surface area contributed by atoms with Gasteiger partial charge >= 0.3 is 0 Å². The monoisotopic (exact) mass is 347 g/mol. The van der Waals surface area contributed by atoms with Gasteiger partial charge in [-0.15, -0.1) is 0 Å². The SMILES string of the molecule is O=C(Cc1ccc2c(c1)CCC2)c1nc(-c2ccccn2)[nH]c(=O)c1O. The number of aromatic nitrogens is 3. The Morgan fingerprint density at radius 1 is 1.15 bits per heavy atom. The molecule has 0 fully saturated rings. The predicted molar refractivity (Wildman–Crippen MR) is 96.3 cm³/mol. The number of fused-ring (bicyclic) bond motifs is 1. The molecule has 4 rings (SSSR count). The van der Waals surface area contributed by atoms with Gasteiger partial charge in [-0.25, -0.2) is 4.98 Å². The Balaban J connectivity index is 1.67. The summed E-state index contributed by atoms with van der Waals surface area (Å²) in [4.78, 5) is 35.4. The molecular formula is C20H17N3O3. The van der Waals surface area contributed by atoms with Gasteiger partial charge in [-0.3, -0.25) is 14.6 Å². The summed E-state index contributed by atoms with van der Waals surface area (Å²) >= 11 is 0. The van der Waals surface area contributed by atoms with E-state index in [1.807, 2.05) is 12.1 Å². The number of H-pyrrole nitrogens is 1. The van der Waals surface area contributed by atoms with Crippen LogP contribution in [0.4, 0.5) is 0 Å². The van der Waals surface area contributed by atoms with Gasteiger partial charge in [0.1, 0.15) is 5.69 Å². The molecule has 0 bridgehead atoms. The van der Waals surface area contributed by atoms with Crippen molar-refractivity contribution in [1.82, 2.24) is 15.0 Å². The van der Waals surface area contributed by atoms with Gasteiger partial charge in [0, 0.05) is 12.6 Å². The van der Waals surface area contributed by atoms with Crippen molar-refractivity contribution in [3.05, 3.63) is 75.3 Å². The zero-order valence-corrected chi connectivity index (χ0v) is 14.0. The van der Waals surface area contributed by atoms with E-state index in [2.05, 4.69) is 21.0 Å². The van der Waals surface area contributed by atoms with Crippen molar-refractivity contribution in [3.63, 3.8) is 0 Å². The van der Waals surface area contributed by atoms with E-state index in [4.69, 9.17) is 0 Å². The number of hydrogen-bond acceptors (Lipinski definition) is 5. The number of rotatable bonds is 4. The van der Waals surface area contributed by atoms with E-state index >= 15 is 0 Å². The molecule has 2 heterocycles. The maximum atomic E-state index is 12.7. The number of Topliss-reactive ketones (excluding diaryl/α,β-unsaturated/α-hetero) is 1. The van der Waals surface area contributed by atoms with Crippen LogP contribution in [0.2, 0.25) is 0 Å². The van der Waals surface area contributed by atoms with Crippen LogP contribution in [0.15, 0.2) is 47.4 Å². The van der Waals surface area contributed by atoms with Crippen molar-refractivity contribution in [2.24, 2.45) is 0 Å². The molecule has 1 aliphatic carbocycles. The van der Waals surface area contributed by atoms with Crippen molar-refractivity contribution in [2.45, 2.75) is 25.7 Å². The first kappa shape index (κ1) is 16.2. The van der Waals surface area contributed by atoms with Crippen molar-refractivity contribution in [3.8, 4) is 17.3 Å². The molecule has 2 aromatic heterocycles. The fourth-order valence-corrected chi connectivity index (χ4v) is 3.29. The summed E-state index contributed by atoms with van der Waals surface area (Å²) in [7, 11) is 0. The van der Waals surface area contributed by atoms with Crippen LogP contribution in [0.25, 0.3) is 11.5 Å². The molecule has 0 saturated carbocycles. The molecule has 6 heteroatoms. The normalized spacial score (nSPS) is 12.8. The summed E-state index contributed by atoms with van der Waals surface area (Å²) in [5, 5.41) is 10.0. The van der Waals surface area contributed by atoms with Crippen molar-refractivity contribution < 1.29 is 9.90 Å². The lowest BCUT2D eigenvalue weighted by atomic mass is 10.0. The number of aryl methyl sites for hydroxylation is 2. The summed E-state index contributed by atoms with van der Waals surface area (Å²) in [6, 6.07) is 11.2. The average Bonchev–Trinajstić information content (AvgIpc) is 3.12. The topological polar surface area (TPSA) is 95.9 Å². The fourth-order valence-electron chi connectivity index (χ4n) is 3.29. The summed E-state index contributed by atoms with van der Waals surface area (Å²) < 4.78 is 0. The summed E-state index contributed by atoms with van der Waals surface area (Å²) in [5.41, 5.74) is 2.91. The van der Waals surface area contributed by atoms with Gasteiger partial charge in [-0.05, 0) is 48.1 Å². The summed E-state index contributed by atoms with van der Waals surface area (Å²) in [6.45, 7) is 0. The van der Waals surface area contributed by atoms with Gasteiger partial charge in [0.2, 0.25) is 5.75 Å². The number of carbonyl (C=O) groups is 1. The van der Waals surface area contributed by atoms with Crippen LogP contribution in [0.1, 0.15) is 33.6 Å². The van der Waals surface area contributed by atoms with Crippen molar-refractivity contribution in [1.29, 1.82) is 0 Å². The predicted octanol–water partition coefficient (Wildman–Crippen LogP) is 2.45. The van der Waals surface area contributed by atoms with Crippen LogP contribution in [0, 0.1) is 0 Å². The second kappa shape index (κ2) is 6.55. The second-order valence-electron chi connectivity index (χ2n) is 6.38. The molecule has 0 amide bonds. The maximum absolute atomic E-state index is 12.7. The Morgan fingerprint density at radius 3 is 2.81 bits per heavy atom. The van der Waals surface area contributed by atoms with E-state index in [1.54, 1.807) is 24.4 Å². The summed E-state index contributed by atoms with van der Waals surface area (Å²) in [6.07, 6.45) is 4.88. The third-order valence-electron chi connectivity index (χ3n) is 4.59. The highest BCUT2D eigenvalue weighted by atomic mass is 16.3. The molecule has 3 aromatic rings. The Bertz CT molecular complexity index is 1040. The Hall–Kier alpha value is -3.28. The lowest BCUT2D eigenvalue weighted by Crippen LogP contribution is -2.17. The highest BCUT2D eigenvalue weighted by molar-refractivity contribution is 5.98. The molecule has 6 nitrogen and oxygen atoms in total. The van der Waals surface area contributed by atoms with E-state index in [9.17, 15) is 14.7 Å². The van der Waals surface area contributed by atoms with Crippen LogP contribution in [0.5, 0.6) is 5.75 Å². The highest BCUT2D eigenvalue weighted by Gasteiger charge is 2.20. The number of pyridine rings is 1. The number of benzene rings is 1. The van der Waals surface area contributed by atoms with Gasteiger partial charge in [0.05, 0.1) is 0 Å². The summed E-state index contributed by atoms with van der Waals surface area (Å²) in [5.74, 6) is -0.898. The highest BCUT2D eigenvalue weighted by Crippen LogP contribution is 2.24. The number of aromatic hydroxyl groups is 1. The maximum Gasteiger partial charge on any atom is 0.294 e. The molecular weight excluding hydrogens is 330 g/mol. The zero-order valence-electron chi connectivity index (χ0n) is 14.0. The van der Waals surface area contributed by atoms with E-state index in [0.29, 0.717) is 5.69 Å². The average molecular weight is 347 g/mol. The molecule has 0 aliphatic heterocycles. The fraction of sp³-hybridized carbons (Fsp3) is 0.200. The van der Waals surface area contributed by atoms with Gasteiger partial charge in [0.25, 0.3) is 5.56 Å². The van der Waals surface area contributed by atoms with Crippen LogP contribution in [0.3, 0.4) is 0 Å². The van der Waals surface area contributed by atoms with E-state index in [1.165, 1.54) is 11.1 Å². The molecule has 130 valence electrons. The number of nitrogens with zero attached hydrogens (tertiary/aromatic N) is 2. The number of aromatic amines is 1. The molecule has 1 aromatic carbocycles. The molecule has 0 unspecified atom stereocenters. The second-order valence-corrected chi connectivity index (χ2v) is 6.38. The smallest absolute Gasteiger partial charge is 0.294 e. The van der Waals surface area contributed by atoms with E-state index in [0.717, 1.165) is 24.8 Å². The Morgan fingerprint density at radius 2 is 2.00 bits per heavy atom. The molecule has 0 saturated heterocycles. The number of ketones is 1. The van der Waals surface area contributed by atoms with Gasteiger partial charge in [-0.1, -0.05) is 24.3 Å². The van der Waals surface area contributed by atoms with Crippen LogP contribution in [-0.2, 0) is 19.3 Å². The van der Waals surface area contributed by atoms with Crippen LogP contribution < -0.4 is 5.56 Å². The Kier molecular flexibility index (Phi) is 4.08. The number of hydrogen-bond donors (Lipinski definition) is 2. The molecule has 0 atom stereocenters. The largest absolute Gasteiger partial charge is 0.501 e. The van der Waals surface area contributed by atoms with Crippen molar-refractivity contribution in [2.75, 3.05) is 0 Å². The zero-order chi connectivity index (χ0) is 18.1.